The molecule has 1 aliphatic rings. The molecule has 0 atom stereocenters. The third-order valence-electron chi connectivity index (χ3n) is 5.05. The standard InChI is InChI=1S/C20H22ClN5O3/c1-20(2,11-21)18(28)23-16-10-14(15-8-5-9-29-15)25-26(16)19-22-13-7-4-3-6-12(13)17(27)24-19/h5,8-10H,3-4,6-7,11H2,1-2H3,(H,23,28)(H,22,24,27). The van der Waals surface area contributed by atoms with Gasteiger partial charge in [0.25, 0.3) is 5.56 Å². The highest BCUT2D eigenvalue weighted by molar-refractivity contribution is 6.20. The first-order chi connectivity index (χ1) is 13.9. The lowest BCUT2D eigenvalue weighted by Gasteiger charge is -2.20. The molecule has 0 unspecified atom stereocenters. The van der Waals surface area contributed by atoms with E-state index in [4.69, 9.17) is 16.0 Å². The third-order valence-corrected chi connectivity index (χ3v) is 5.72. The van der Waals surface area contributed by atoms with E-state index in [1.165, 1.54) is 4.68 Å². The number of anilines is 1. The van der Waals surface area contributed by atoms with Gasteiger partial charge in [-0.15, -0.1) is 11.6 Å². The zero-order valence-corrected chi connectivity index (χ0v) is 17.0. The Labute approximate surface area is 172 Å². The minimum absolute atomic E-state index is 0.159. The molecule has 0 saturated carbocycles. The number of aromatic nitrogens is 4. The highest BCUT2D eigenvalue weighted by Gasteiger charge is 2.28. The van der Waals surface area contributed by atoms with Crippen LogP contribution in [0, 0.1) is 5.41 Å². The van der Waals surface area contributed by atoms with E-state index in [1.54, 1.807) is 38.3 Å². The van der Waals surface area contributed by atoms with Crippen LogP contribution >= 0.6 is 11.6 Å². The summed E-state index contributed by atoms with van der Waals surface area (Å²) in [7, 11) is 0. The number of fused-ring (bicyclic) bond motifs is 1. The number of carbonyl (C=O) groups is 1. The molecule has 9 heteroatoms. The molecular formula is C20H22ClN5O3. The number of aromatic amines is 1. The number of furan rings is 1. The Bertz CT molecular complexity index is 1100. The van der Waals surface area contributed by atoms with E-state index in [9.17, 15) is 9.59 Å². The van der Waals surface area contributed by atoms with Crippen LogP contribution in [0.15, 0.2) is 33.7 Å². The fourth-order valence-electron chi connectivity index (χ4n) is 3.21. The number of nitrogens with one attached hydrogen (secondary N) is 2. The van der Waals surface area contributed by atoms with E-state index < -0.39 is 5.41 Å². The fraction of sp³-hybridized carbons (Fsp3) is 0.400. The molecule has 0 spiro atoms. The van der Waals surface area contributed by atoms with Gasteiger partial charge in [0, 0.05) is 17.5 Å². The van der Waals surface area contributed by atoms with Crippen molar-refractivity contribution in [2.45, 2.75) is 39.5 Å². The molecule has 29 heavy (non-hydrogen) atoms. The molecule has 0 aliphatic heterocycles. The summed E-state index contributed by atoms with van der Waals surface area (Å²) in [5, 5.41) is 7.37. The van der Waals surface area contributed by atoms with Gasteiger partial charge in [-0.2, -0.15) is 9.78 Å². The summed E-state index contributed by atoms with van der Waals surface area (Å²) in [6.45, 7) is 3.50. The molecule has 0 saturated heterocycles. The second kappa shape index (κ2) is 7.51. The molecule has 3 aromatic heterocycles. The zero-order chi connectivity index (χ0) is 20.6. The van der Waals surface area contributed by atoms with Crippen molar-refractivity contribution < 1.29 is 9.21 Å². The third kappa shape index (κ3) is 3.72. The predicted molar refractivity (Wildman–Crippen MR) is 109 cm³/mol. The normalized spacial score (nSPS) is 13.9. The lowest BCUT2D eigenvalue weighted by atomic mass is 9.95. The maximum atomic E-state index is 12.7. The van der Waals surface area contributed by atoms with Crippen molar-refractivity contribution in [1.29, 1.82) is 0 Å². The lowest BCUT2D eigenvalue weighted by Crippen LogP contribution is -2.33. The Hall–Kier alpha value is -2.87. The molecule has 0 radical (unpaired) electrons. The highest BCUT2D eigenvalue weighted by atomic mass is 35.5. The van der Waals surface area contributed by atoms with Crippen molar-refractivity contribution in [1.82, 2.24) is 19.7 Å². The van der Waals surface area contributed by atoms with Gasteiger partial charge in [-0.05, 0) is 51.7 Å². The van der Waals surface area contributed by atoms with Crippen LogP contribution in [-0.2, 0) is 17.6 Å². The summed E-state index contributed by atoms with van der Waals surface area (Å²) in [5.74, 6) is 1.06. The lowest BCUT2D eigenvalue weighted by molar-refractivity contribution is -0.123. The van der Waals surface area contributed by atoms with Gasteiger partial charge in [-0.3, -0.25) is 14.6 Å². The fourth-order valence-corrected chi connectivity index (χ4v) is 3.33. The van der Waals surface area contributed by atoms with Crippen molar-refractivity contribution >= 4 is 23.3 Å². The second-order valence-corrected chi connectivity index (χ2v) is 8.06. The van der Waals surface area contributed by atoms with Gasteiger partial charge in [0.2, 0.25) is 11.9 Å². The van der Waals surface area contributed by atoms with Crippen LogP contribution in [0.3, 0.4) is 0 Å². The quantitative estimate of drug-likeness (QED) is 0.622. The van der Waals surface area contributed by atoms with E-state index in [0.29, 0.717) is 17.3 Å². The molecule has 152 valence electrons. The van der Waals surface area contributed by atoms with Crippen molar-refractivity contribution in [2.75, 3.05) is 11.2 Å². The Morgan fingerprint density at radius 1 is 1.38 bits per heavy atom. The van der Waals surface area contributed by atoms with Gasteiger partial charge in [0.05, 0.1) is 17.4 Å². The SMILES string of the molecule is CC(C)(CCl)C(=O)Nc1cc(-c2ccco2)nn1-c1nc2c(c(=O)[nH]1)CCCC2. The molecule has 0 bridgehead atoms. The molecule has 4 rings (SSSR count). The van der Waals surface area contributed by atoms with Crippen molar-refractivity contribution in [3.8, 4) is 17.4 Å². The summed E-state index contributed by atoms with van der Waals surface area (Å²) in [6, 6.07) is 5.20. The van der Waals surface area contributed by atoms with Crippen molar-refractivity contribution in [2.24, 2.45) is 5.41 Å². The maximum absolute atomic E-state index is 12.7. The molecule has 8 nitrogen and oxygen atoms in total. The second-order valence-electron chi connectivity index (χ2n) is 7.80. The Kier molecular flexibility index (Phi) is 5.04. The van der Waals surface area contributed by atoms with Crippen LogP contribution in [0.4, 0.5) is 5.82 Å². The molecule has 3 heterocycles. The number of amides is 1. The van der Waals surface area contributed by atoms with Crippen molar-refractivity contribution in [3.63, 3.8) is 0 Å². The first-order valence-corrected chi connectivity index (χ1v) is 10.1. The first-order valence-electron chi connectivity index (χ1n) is 9.53. The van der Waals surface area contributed by atoms with Gasteiger partial charge in [-0.1, -0.05) is 0 Å². The number of halogens is 1. The van der Waals surface area contributed by atoms with E-state index in [2.05, 4.69) is 20.4 Å². The maximum Gasteiger partial charge on any atom is 0.255 e. The summed E-state index contributed by atoms with van der Waals surface area (Å²) >= 11 is 5.94. The molecule has 1 aliphatic carbocycles. The summed E-state index contributed by atoms with van der Waals surface area (Å²) < 4.78 is 6.86. The van der Waals surface area contributed by atoms with Gasteiger partial charge in [0.15, 0.2) is 5.76 Å². The van der Waals surface area contributed by atoms with Gasteiger partial charge in [-0.25, -0.2) is 4.98 Å². The monoisotopic (exact) mass is 415 g/mol. The number of hydrogen-bond acceptors (Lipinski definition) is 5. The highest BCUT2D eigenvalue weighted by Crippen LogP contribution is 2.27. The Morgan fingerprint density at radius 2 is 2.17 bits per heavy atom. The summed E-state index contributed by atoms with van der Waals surface area (Å²) in [5.41, 5.74) is 1.07. The summed E-state index contributed by atoms with van der Waals surface area (Å²) in [6.07, 6.45) is 4.99. The van der Waals surface area contributed by atoms with Crippen LogP contribution in [0.5, 0.6) is 0 Å². The molecule has 1 amide bonds. The minimum Gasteiger partial charge on any atom is -0.463 e. The van der Waals surface area contributed by atoms with E-state index in [1.807, 2.05) is 0 Å². The average Bonchev–Trinajstić information content (AvgIpc) is 3.38. The van der Waals surface area contributed by atoms with Gasteiger partial charge in [0.1, 0.15) is 11.5 Å². The van der Waals surface area contributed by atoms with Gasteiger partial charge >= 0.3 is 0 Å². The zero-order valence-electron chi connectivity index (χ0n) is 16.3. The molecule has 0 aromatic carbocycles. The molecule has 3 aromatic rings. The largest absolute Gasteiger partial charge is 0.463 e. The number of nitrogens with zero attached hydrogens (tertiary/aromatic N) is 3. The number of carbonyl (C=O) groups excluding carboxylic acids is 1. The Balaban J connectivity index is 1.81. The van der Waals surface area contributed by atoms with E-state index in [0.717, 1.165) is 36.9 Å². The number of alkyl halides is 1. The molecule has 2 N–H and O–H groups in total. The number of hydrogen-bond donors (Lipinski definition) is 2. The molecular weight excluding hydrogens is 394 g/mol. The van der Waals surface area contributed by atoms with Crippen LogP contribution in [0.2, 0.25) is 0 Å². The Morgan fingerprint density at radius 3 is 2.90 bits per heavy atom. The smallest absolute Gasteiger partial charge is 0.255 e. The predicted octanol–water partition coefficient (Wildman–Crippen LogP) is 3.30. The molecule has 0 fully saturated rings. The minimum atomic E-state index is -0.780. The van der Waals surface area contributed by atoms with Crippen LogP contribution < -0.4 is 10.9 Å². The average molecular weight is 416 g/mol. The number of rotatable bonds is 5. The van der Waals surface area contributed by atoms with Crippen LogP contribution in [0.1, 0.15) is 37.9 Å². The number of aryl methyl sites for hydroxylation is 1. The van der Waals surface area contributed by atoms with Crippen LogP contribution in [0.25, 0.3) is 17.4 Å². The van der Waals surface area contributed by atoms with Gasteiger partial charge < -0.3 is 9.73 Å². The van der Waals surface area contributed by atoms with Crippen LogP contribution in [-0.4, -0.2) is 31.5 Å². The van der Waals surface area contributed by atoms with E-state index in [-0.39, 0.29) is 23.3 Å². The summed E-state index contributed by atoms with van der Waals surface area (Å²) in [4.78, 5) is 32.7. The number of H-pyrrole nitrogens is 1. The topological polar surface area (TPSA) is 106 Å². The first kappa shape index (κ1) is 19.4. The van der Waals surface area contributed by atoms with Crippen molar-refractivity contribution in [3.05, 3.63) is 46.1 Å². The van der Waals surface area contributed by atoms with E-state index >= 15 is 0 Å².